The van der Waals surface area contributed by atoms with Gasteiger partial charge in [-0.25, -0.2) is 0 Å². The third kappa shape index (κ3) is 1.78. The Morgan fingerprint density at radius 2 is 2.31 bits per heavy atom. The molecule has 2 bridgehead atoms. The standard InChI is InChI=1S/C12H19N3S/c1-2-4-11-12(14-16-13-11)10-8-15-6-3-5-9(10)7-15/h9-10H,2-8H2,1H3. The molecule has 3 nitrogen and oxygen atoms in total. The van der Waals surface area contributed by atoms with E-state index in [1.54, 1.807) is 0 Å². The summed E-state index contributed by atoms with van der Waals surface area (Å²) in [6, 6.07) is 0. The van der Waals surface area contributed by atoms with Crippen molar-refractivity contribution in [1.82, 2.24) is 13.6 Å². The number of fused-ring (bicyclic) bond motifs is 2. The molecular formula is C12H19N3S. The van der Waals surface area contributed by atoms with Gasteiger partial charge in [-0.15, -0.1) is 0 Å². The van der Waals surface area contributed by atoms with E-state index in [1.807, 2.05) is 0 Å². The minimum atomic E-state index is 0.683. The van der Waals surface area contributed by atoms with Gasteiger partial charge in [-0.2, -0.15) is 8.75 Å². The maximum Gasteiger partial charge on any atom is 0.0821 e. The average Bonchev–Trinajstić information content (AvgIpc) is 2.85. The van der Waals surface area contributed by atoms with Crippen LogP contribution in [0.15, 0.2) is 0 Å². The molecule has 3 rings (SSSR count). The summed E-state index contributed by atoms with van der Waals surface area (Å²) >= 11 is 1.41. The molecule has 0 aromatic carbocycles. The summed E-state index contributed by atoms with van der Waals surface area (Å²) in [5.41, 5.74) is 2.62. The summed E-state index contributed by atoms with van der Waals surface area (Å²) in [5.74, 6) is 1.54. The molecule has 3 unspecified atom stereocenters. The van der Waals surface area contributed by atoms with Crippen molar-refractivity contribution < 1.29 is 0 Å². The highest BCUT2D eigenvalue weighted by Gasteiger charge is 2.38. The Morgan fingerprint density at radius 3 is 3.12 bits per heavy atom. The Morgan fingerprint density at radius 1 is 1.38 bits per heavy atom. The van der Waals surface area contributed by atoms with Crippen LogP contribution in [0.1, 0.15) is 43.5 Å². The van der Waals surface area contributed by atoms with Crippen molar-refractivity contribution in [3.8, 4) is 0 Å². The average molecular weight is 237 g/mol. The van der Waals surface area contributed by atoms with Crippen LogP contribution in [-0.2, 0) is 6.42 Å². The normalized spacial score (nSPS) is 33.2. The largest absolute Gasteiger partial charge is 0.302 e. The van der Waals surface area contributed by atoms with Crippen LogP contribution in [0.2, 0.25) is 0 Å². The molecule has 0 saturated carbocycles. The van der Waals surface area contributed by atoms with Crippen molar-refractivity contribution in [2.24, 2.45) is 5.92 Å². The molecule has 2 aliphatic rings. The Bertz CT molecular complexity index is 363. The summed E-state index contributed by atoms with van der Waals surface area (Å²) in [7, 11) is 0. The summed E-state index contributed by atoms with van der Waals surface area (Å²) in [5, 5.41) is 0. The molecule has 88 valence electrons. The fraction of sp³-hybridized carbons (Fsp3) is 0.833. The van der Waals surface area contributed by atoms with Crippen LogP contribution < -0.4 is 0 Å². The minimum Gasteiger partial charge on any atom is -0.302 e. The van der Waals surface area contributed by atoms with E-state index >= 15 is 0 Å². The van der Waals surface area contributed by atoms with Crippen molar-refractivity contribution >= 4 is 11.7 Å². The zero-order chi connectivity index (χ0) is 11.0. The zero-order valence-electron chi connectivity index (χ0n) is 9.85. The van der Waals surface area contributed by atoms with Crippen molar-refractivity contribution in [1.29, 1.82) is 0 Å². The van der Waals surface area contributed by atoms with E-state index in [2.05, 4.69) is 20.6 Å². The first-order chi connectivity index (χ1) is 7.88. The third-order valence-electron chi connectivity index (χ3n) is 3.99. The van der Waals surface area contributed by atoms with Gasteiger partial charge in [0.2, 0.25) is 0 Å². The van der Waals surface area contributed by atoms with Gasteiger partial charge >= 0.3 is 0 Å². The Labute approximate surface area is 101 Å². The molecule has 0 radical (unpaired) electrons. The number of nitrogens with zero attached hydrogens (tertiary/aromatic N) is 3. The maximum atomic E-state index is 4.58. The predicted octanol–water partition coefficient (Wildman–Crippen LogP) is 2.30. The Hall–Kier alpha value is -0.480. The summed E-state index contributed by atoms with van der Waals surface area (Å²) < 4.78 is 9.06. The predicted molar refractivity (Wildman–Crippen MR) is 65.8 cm³/mol. The number of piperidine rings is 1. The SMILES string of the molecule is CCCc1nsnc1C1CN2CCCC1C2. The van der Waals surface area contributed by atoms with Crippen molar-refractivity contribution in [3.05, 3.63) is 11.4 Å². The highest BCUT2D eigenvalue weighted by Crippen LogP contribution is 2.39. The molecule has 4 heteroatoms. The highest BCUT2D eigenvalue weighted by molar-refractivity contribution is 6.99. The van der Waals surface area contributed by atoms with Gasteiger partial charge in [-0.1, -0.05) is 13.3 Å². The van der Waals surface area contributed by atoms with E-state index in [9.17, 15) is 0 Å². The van der Waals surface area contributed by atoms with Gasteiger partial charge < -0.3 is 4.90 Å². The lowest BCUT2D eigenvalue weighted by molar-refractivity contribution is 0.269. The Balaban J connectivity index is 1.83. The van der Waals surface area contributed by atoms with Crippen LogP contribution in [0.3, 0.4) is 0 Å². The second-order valence-electron chi connectivity index (χ2n) is 5.11. The molecule has 2 fully saturated rings. The van der Waals surface area contributed by atoms with Gasteiger partial charge in [0.25, 0.3) is 0 Å². The number of aryl methyl sites for hydroxylation is 1. The van der Waals surface area contributed by atoms with Gasteiger partial charge in [0.15, 0.2) is 0 Å². The lowest BCUT2D eigenvalue weighted by Gasteiger charge is -2.21. The number of aromatic nitrogens is 2. The first kappa shape index (κ1) is 10.7. The highest BCUT2D eigenvalue weighted by atomic mass is 32.1. The van der Waals surface area contributed by atoms with Gasteiger partial charge in [-0.3, -0.25) is 0 Å². The lowest BCUT2D eigenvalue weighted by atomic mass is 9.87. The van der Waals surface area contributed by atoms with E-state index in [0.29, 0.717) is 5.92 Å². The molecule has 1 aromatic rings. The molecule has 0 aliphatic carbocycles. The maximum absolute atomic E-state index is 4.58. The fourth-order valence-electron chi connectivity index (χ4n) is 3.23. The zero-order valence-corrected chi connectivity index (χ0v) is 10.7. The summed E-state index contributed by atoms with van der Waals surface area (Å²) in [6.45, 7) is 6.05. The second kappa shape index (κ2) is 4.41. The van der Waals surface area contributed by atoms with Crippen molar-refractivity contribution in [3.63, 3.8) is 0 Å². The molecule has 3 atom stereocenters. The molecule has 2 aliphatic heterocycles. The first-order valence-corrected chi connectivity index (χ1v) is 7.15. The monoisotopic (exact) mass is 237 g/mol. The number of hydrogen-bond donors (Lipinski definition) is 0. The van der Waals surface area contributed by atoms with E-state index in [1.165, 1.54) is 62.0 Å². The fourth-order valence-corrected chi connectivity index (χ4v) is 3.88. The molecule has 1 aromatic heterocycles. The molecule has 16 heavy (non-hydrogen) atoms. The van der Waals surface area contributed by atoms with Gasteiger partial charge in [-0.05, 0) is 31.7 Å². The quantitative estimate of drug-likeness (QED) is 0.807. The minimum absolute atomic E-state index is 0.683. The molecular weight excluding hydrogens is 218 g/mol. The van der Waals surface area contributed by atoms with E-state index in [4.69, 9.17) is 0 Å². The van der Waals surface area contributed by atoms with Crippen LogP contribution in [-0.4, -0.2) is 33.3 Å². The van der Waals surface area contributed by atoms with E-state index in [-0.39, 0.29) is 0 Å². The van der Waals surface area contributed by atoms with Crippen molar-refractivity contribution in [2.45, 2.75) is 38.5 Å². The lowest BCUT2D eigenvalue weighted by Crippen LogP contribution is -2.25. The van der Waals surface area contributed by atoms with E-state index in [0.717, 1.165) is 12.3 Å². The Kier molecular flexibility index (Phi) is 2.94. The van der Waals surface area contributed by atoms with Gasteiger partial charge in [0.05, 0.1) is 23.1 Å². The van der Waals surface area contributed by atoms with Crippen LogP contribution in [0.5, 0.6) is 0 Å². The molecule has 3 heterocycles. The third-order valence-corrected chi connectivity index (χ3v) is 4.57. The molecule has 0 N–H and O–H groups in total. The van der Waals surface area contributed by atoms with Crippen LogP contribution >= 0.6 is 11.7 Å². The molecule has 0 spiro atoms. The van der Waals surface area contributed by atoms with Gasteiger partial charge in [0.1, 0.15) is 0 Å². The first-order valence-electron chi connectivity index (χ1n) is 6.42. The van der Waals surface area contributed by atoms with Crippen LogP contribution in [0.25, 0.3) is 0 Å². The van der Waals surface area contributed by atoms with Crippen LogP contribution in [0, 0.1) is 5.92 Å². The number of hydrogen-bond acceptors (Lipinski definition) is 4. The smallest absolute Gasteiger partial charge is 0.0821 e. The van der Waals surface area contributed by atoms with E-state index < -0.39 is 0 Å². The summed E-state index contributed by atoms with van der Waals surface area (Å²) in [6.07, 6.45) is 5.06. The molecule has 0 amide bonds. The topological polar surface area (TPSA) is 29.0 Å². The van der Waals surface area contributed by atoms with Gasteiger partial charge in [0, 0.05) is 19.0 Å². The second-order valence-corrected chi connectivity index (χ2v) is 5.64. The molecule has 2 saturated heterocycles. The number of rotatable bonds is 3. The van der Waals surface area contributed by atoms with Crippen LogP contribution in [0.4, 0.5) is 0 Å². The summed E-state index contributed by atoms with van der Waals surface area (Å²) in [4.78, 5) is 2.61. The van der Waals surface area contributed by atoms with Crippen molar-refractivity contribution in [2.75, 3.05) is 19.6 Å².